The fourth-order valence-corrected chi connectivity index (χ4v) is 3.89. The van der Waals surface area contributed by atoms with Gasteiger partial charge in [0.2, 0.25) is 5.91 Å². The third kappa shape index (κ3) is 5.35. The van der Waals surface area contributed by atoms with Gasteiger partial charge in [0.15, 0.2) is 5.16 Å². The van der Waals surface area contributed by atoms with Crippen LogP contribution in [0.2, 0.25) is 0 Å². The largest absolute Gasteiger partial charge is 0.435 e. The first kappa shape index (κ1) is 22.4. The van der Waals surface area contributed by atoms with E-state index in [2.05, 4.69) is 15.0 Å². The van der Waals surface area contributed by atoms with E-state index >= 15 is 0 Å². The molecule has 1 N–H and O–H groups in total. The molecule has 1 aromatic heterocycles. The van der Waals surface area contributed by atoms with E-state index in [1.165, 1.54) is 53.1 Å². The Labute approximate surface area is 190 Å². The monoisotopic (exact) mass is 471 g/mol. The third-order valence-corrected chi connectivity index (χ3v) is 5.46. The molecular weight excluding hydrogens is 455 g/mol. The number of nitrogens with one attached hydrogen (secondary N) is 1. The lowest BCUT2D eigenvalue weighted by Crippen LogP contribution is -2.23. The summed E-state index contributed by atoms with van der Waals surface area (Å²) in [5.41, 5.74) is 0.893. The number of carbonyl (C=O) groups is 1. The summed E-state index contributed by atoms with van der Waals surface area (Å²) in [5.74, 6) is -0.921. The van der Waals surface area contributed by atoms with Gasteiger partial charge in [-0.2, -0.15) is 8.78 Å². The van der Waals surface area contributed by atoms with Gasteiger partial charge in [-0.3, -0.25) is 14.2 Å². The van der Waals surface area contributed by atoms with Crippen LogP contribution < -0.4 is 15.6 Å². The second-order valence-electron chi connectivity index (χ2n) is 6.77. The summed E-state index contributed by atoms with van der Waals surface area (Å²) in [4.78, 5) is 30.1. The lowest BCUT2D eigenvalue weighted by atomic mass is 10.2. The van der Waals surface area contributed by atoms with E-state index in [-0.39, 0.29) is 28.1 Å². The van der Waals surface area contributed by atoms with E-state index in [1.807, 2.05) is 0 Å². The highest BCUT2D eigenvalue weighted by Crippen LogP contribution is 2.23. The maximum atomic E-state index is 13.2. The van der Waals surface area contributed by atoms with Crippen LogP contribution in [0.1, 0.15) is 0 Å². The Hall–Kier alpha value is -3.79. The van der Waals surface area contributed by atoms with E-state index in [9.17, 15) is 22.8 Å². The first-order chi connectivity index (χ1) is 15.9. The number of nitrogens with zero attached hydrogens (tertiary/aromatic N) is 2. The van der Waals surface area contributed by atoms with Crippen LogP contribution in [0.25, 0.3) is 16.6 Å². The first-order valence-electron chi connectivity index (χ1n) is 9.66. The zero-order valence-corrected chi connectivity index (χ0v) is 17.7. The van der Waals surface area contributed by atoms with E-state index in [0.717, 1.165) is 11.8 Å². The van der Waals surface area contributed by atoms with Crippen molar-refractivity contribution in [3.8, 4) is 11.4 Å². The molecule has 10 heteroatoms. The van der Waals surface area contributed by atoms with Crippen LogP contribution >= 0.6 is 11.8 Å². The molecule has 0 fully saturated rings. The first-order valence-corrected chi connectivity index (χ1v) is 10.6. The summed E-state index contributed by atoms with van der Waals surface area (Å²) >= 11 is 1.03. The van der Waals surface area contributed by atoms with Gasteiger partial charge in [0.1, 0.15) is 11.6 Å². The van der Waals surface area contributed by atoms with Gasteiger partial charge in [0.05, 0.1) is 22.3 Å². The molecule has 0 aliphatic carbocycles. The molecule has 0 saturated heterocycles. The Balaban J connectivity index is 1.64. The zero-order valence-electron chi connectivity index (χ0n) is 16.9. The number of alkyl halides is 2. The summed E-state index contributed by atoms with van der Waals surface area (Å²) in [6.07, 6.45) is 0. The number of rotatable bonds is 7. The van der Waals surface area contributed by atoms with Crippen LogP contribution in [-0.4, -0.2) is 27.8 Å². The number of benzene rings is 3. The van der Waals surface area contributed by atoms with Crippen molar-refractivity contribution in [2.75, 3.05) is 11.1 Å². The summed E-state index contributed by atoms with van der Waals surface area (Å²) in [7, 11) is 0. The number of halogens is 3. The van der Waals surface area contributed by atoms with Crippen LogP contribution in [0.15, 0.2) is 82.7 Å². The van der Waals surface area contributed by atoms with Gasteiger partial charge >= 0.3 is 6.61 Å². The zero-order chi connectivity index (χ0) is 23.4. The average molecular weight is 471 g/mol. The van der Waals surface area contributed by atoms with Crippen molar-refractivity contribution >= 4 is 34.3 Å². The molecule has 4 rings (SSSR count). The van der Waals surface area contributed by atoms with Crippen molar-refractivity contribution in [3.05, 3.63) is 89.0 Å². The van der Waals surface area contributed by atoms with Gasteiger partial charge in [-0.25, -0.2) is 9.37 Å². The number of amides is 1. The van der Waals surface area contributed by atoms with Gasteiger partial charge in [0, 0.05) is 5.69 Å². The van der Waals surface area contributed by atoms with Crippen LogP contribution in [0.5, 0.6) is 5.75 Å². The summed E-state index contributed by atoms with van der Waals surface area (Å²) in [5, 5.41) is 3.26. The number of anilines is 1. The predicted molar refractivity (Wildman–Crippen MR) is 120 cm³/mol. The molecule has 0 bridgehead atoms. The summed E-state index contributed by atoms with van der Waals surface area (Å²) in [6.45, 7) is -2.97. The molecule has 0 unspecified atom stereocenters. The van der Waals surface area contributed by atoms with Crippen LogP contribution in [0.3, 0.4) is 0 Å². The Morgan fingerprint density at radius 1 is 1.03 bits per heavy atom. The second-order valence-corrected chi connectivity index (χ2v) is 7.71. The third-order valence-electron chi connectivity index (χ3n) is 4.53. The molecule has 0 spiro atoms. The maximum Gasteiger partial charge on any atom is 0.387 e. The fraction of sp³-hybridized carbons (Fsp3) is 0.0870. The minimum atomic E-state index is -2.97. The molecule has 4 aromatic rings. The molecule has 0 atom stereocenters. The van der Waals surface area contributed by atoms with Gasteiger partial charge in [-0.05, 0) is 60.7 Å². The molecular formula is C23H16F3N3O3S. The molecule has 6 nitrogen and oxygen atoms in total. The average Bonchev–Trinajstić information content (AvgIpc) is 2.80. The molecule has 3 aromatic carbocycles. The number of hydrogen-bond donors (Lipinski definition) is 1. The Kier molecular flexibility index (Phi) is 6.64. The number of para-hydroxylation sites is 1. The minimum Gasteiger partial charge on any atom is -0.435 e. The van der Waals surface area contributed by atoms with Crippen LogP contribution in [0, 0.1) is 5.82 Å². The Bertz CT molecular complexity index is 1340. The molecule has 168 valence electrons. The highest BCUT2D eigenvalue weighted by molar-refractivity contribution is 7.99. The summed E-state index contributed by atoms with van der Waals surface area (Å²) < 4.78 is 43.6. The summed E-state index contributed by atoms with van der Waals surface area (Å²) in [6, 6.07) is 17.6. The quantitative estimate of drug-likeness (QED) is 0.308. The lowest BCUT2D eigenvalue weighted by Gasteiger charge is -2.14. The Morgan fingerprint density at radius 2 is 1.73 bits per heavy atom. The molecule has 1 amide bonds. The SMILES string of the molecule is O=C(CSc1nc2ccccc2c(=O)n1-c1ccc(OC(F)F)cc1)Nc1ccc(F)cc1. The van der Waals surface area contributed by atoms with Gasteiger partial charge < -0.3 is 10.1 Å². The Morgan fingerprint density at radius 3 is 2.42 bits per heavy atom. The molecule has 0 radical (unpaired) electrons. The second kappa shape index (κ2) is 9.78. The van der Waals surface area contributed by atoms with Crippen molar-refractivity contribution < 1.29 is 22.7 Å². The van der Waals surface area contributed by atoms with E-state index in [1.54, 1.807) is 24.3 Å². The highest BCUT2D eigenvalue weighted by atomic mass is 32.2. The van der Waals surface area contributed by atoms with Crippen molar-refractivity contribution in [3.63, 3.8) is 0 Å². The van der Waals surface area contributed by atoms with Gasteiger partial charge in [-0.15, -0.1) is 0 Å². The number of carbonyl (C=O) groups excluding carboxylic acids is 1. The van der Waals surface area contributed by atoms with Crippen molar-refractivity contribution in [1.29, 1.82) is 0 Å². The highest BCUT2D eigenvalue weighted by Gasteiger charge is 2.15. The molecule has 1 heterocycles. The van der Waals surface area contributed by atoms with Crippen molar-refractivity contribution in [2.24, 2.45) is 0 Å². The van der Waals surface area contributed by atoms with Gasteiger partial charge in [-0.1, -0.05) is 23.9 Å². The molecule has 0 aliphatic heterocycles. The number of fused-ring (bicyclic) bond motifs is 1. The van der Waals surface area contributed by atoms with Crippen LogP contribution in [-0.2, 0) is 4.79 Å². The predicted octanol–water partition coefficient (Wildman–Crippen LogP) is 4.86. The van der Waals surface area contributed by atoms with Crippen molar-refractivity contribution in [1.82, 2.24) is 9.55 Å². The molecule has 0 aliphatic rings. The minimum absolute atomic E-state index is 0.0524. The molecule has 0 saturated carbocycles. The van der Waals surface area contributed by atoms with Gasteiger partial charge in [0.25, 0.3) is 5.56 Å². The van der Waals surface area contributed by atoms with Crippen LogP contribution in [0.4, 0.5) is 18.9 Å². The normalized spacial score (nSPS) is 11.0. The smallest absolute Gasteiger partial charge is 0.387 e. The molecule has 33 heavy (non-hydrogen) atoms. The number of aromatic nitrogens is 2. The van der Waals surface area contributed by atoms with Crippen molar-refractivity contribution in [2.45, 2.75) is 11.8 Å². The van der Waals surface area contributed by atoms with E-state index in [4.69, 9.17) is 0 Å². The maximum absolute atomic E-state index is 13.2. The van der Waals surface area contributed by atoms with E-state index in [0.29, 0.717) is 22.3 Å². The lowest BCUT2D eigenvalue weighted by molar-refractivity contribution is -0.113. The number of hydrogen-bond acceptors (Lipinski definition) is 5. The van der Waals surface area contributed by atoms with E-state index < -0.39 is 12.4 Å². The fourth-order valence-electron chi connectivity index (χ4n) is 3.07. The number of ether oxygens (including phenoxy) is 1. The standard InChI is InChI=1S/C23H16F3N3O3S/c24-14-5-7-15(8-6-14)27-20(30)13-33-23-28-19-4-2-1-3-18(19)21(31)29(23)16-9-11-17(12-10-16)32-22(25)26/h1-12,22H,13H2,(H,27,30). The number of thioether (sulfide) groups is 1. The topological polar surface area (TPSA) is 73.2 Å².